The second-order valence-corrected chi connectivity index (χ2v) is 6.66. The van der Waals surface area contributed by atoms with Crippen LogP contribution >= 0.6 is 0 Å². The zero-order valence-corrected chi connectivity index (χ0v) is 13.5. The van der Waals surface area contributed by atoms with Crippen molar-refractivity contribution in [3.8, 4) is 0 Å². The van der Waals surface area contributed by atoms with E-state index in [0.717, 1.165) is 67.8 Å². The molecule has 1 saturated heterocycles. The standard InChI is InChI=1S/C17H22N4O2/c1-12-14(9-18-23-12)10-20-7-3-5-15(20)11-21-17(22)8-13-4-2-6-16(13)19-21/h8-9,15H,2-7,10-11H2,1H3. The van der Waals surface area contributed by atoms with Gasteiger partial charge in [-0.25, -0.2) is 4.68 Å². The molecule has 0 spiro atoms. The minimum absolute atomic E-state index is 0.0404. The SMILES string of the molecule is Cc1oncc1CN1CCCC1Cn1nc2c(cc1=O)CCC2. The minimum atomic E-state index is 0.0404. The monoisotopic (exact) mass is 314 g/mol. The number of hydrogen-bond acceptors (Lipinski definition) is 5. The van der Waals surface area contributed by atoms with Gasteiger partial charge in [-0.3, -0.25) is 9.69 Å². The highest BCUT2D eigenvalue weighted by Crippen LogP contribution is 2.23. The van der Waals surface area contributed by atoms with Crippen LogP contribution in [0.15, 0.2) is 21.6 Å². The summed E-state index contributed by atoms with van der Waals surface area (Å²) < 4.78 is 6.83. The third-order valence-corrected chi connectivity index (χ3v) is 5.13. The highest BCUT2D eigenvalue weighted by Gasteiger charge is 2.27. The predicted octanol–water partition coefficient (Wildman–Crippen LogP) is 1.69. The number of fused-ring (bicyclic) bond motifs is 1. The molecule has 6 heteroatoms. The summed E-state index contributed by atoms with van der Waals surface area (Å²) >= 11 is 0. The fraction of sp³-hybridized carbons (Fsp3) is 0.588. The first-order chi connectivity index (χ1) is 11.2. The summed E-state index contributed by atoms with van der Waals surface area (Å²) in [5.41, 5.74) is 3.43. The van der Waals surface area contributed by atoms with Gasteiger partial charge < -0.3 is 4.52 Å². The molecule has 0 amide bonds. The maximum atomic E-state index is 12.3. The van der Waals surface area contributed by atoms with E-state index in [-0.39, 0.29) is 5.56 Å². The van der Waals surface area contributed by atoms with E-state index in [9.17, 15) is 4.79 Å². The van der Waals surface area contributed by atoms with Gasteiger partial charge in [-0.1, -0.05) is 5.16 Å². The lowest BCUT2D eigenvalue weighted by Gasteiger charge is -2.24. The molecule has 1 atom stereocenters. The molecule has 0 radical (unpaired) electrons. The van der Waals surface area contributed by atoms with E-state index < -0.39 is 0 Å². The van der Waals surface area contributed by atoms with Gasteiger partial charge in [-0.2, -0.15) is 5.10 Å². The van der Waals surface area contributed by atoms with Crippen LogP contribution < -0.4 is 5.56 Å². The molecule has 2 aliphatic rings. The Morgan fingerprint density at radius 1 is 1.35 bits per heavy atom. The summed E-state index contributed by atoms with van der Waals surface area (Å²) in [4.78, 5) is 14.7. The zero-order chi connectivity index (χ0) is 15.8. The van der Waals surface area contributed by atoms with Crippen molar-refractivity contribution in [1.82, 2.24) is 19.8 Å². The van der Waals surface area contributed by atoms with Gasteiger partial charge in [0.15, 0.2) is 0 Å². The maximum Gasteiger partial charge on any atom is 0.267 e. The number of aryl methyl sites for hydroxylation is 3. The van der Waals surface area contributed by atoms with Crippen molar-refractivity contribution in [2.24, 2.45) is 0 Å². The van der Waals surface area contributed by atoms with Crippen LogP contribution in [0.5, 0.6) is 0 Å². The average molecular weight is 314 g/mol. The molecule has 1 aliphatic heterocycles. The van der Waals surface area contributed by atoms with Gasteiger partial charge in [0.2, 0.25) is 0 Å². The molecule has 1 aliphatic carbocycles. The molecular weight excluding hydrogens is 292 g/mol. The molecule has 2 aromatic heterocycles. The normalized spacial score (nSPS) is 21.0. The molecule has 0 bridgehead atoms. The van der Waals surface area contributed by atoms with Crippen LogP contribution in [-0.2, 0) is 25.9 Å². The Morgan fingerprint density at radius 3 is 3.09 bits per heavy atom. The number of rotatable bonds is 4. The fourth-order valence-corrected chi connectivity index (χ4v) is 3.77. The summed E-state index contributed by atoms with van der Waals surface area (Å²) in [5, 5.41) is 8.47. The van der Waals surface area contributed by atoms with Crippen LogP contribution in [0.1, 0.15) is 41.8 Å². The van der Waals surface area contributed by atoms with Crippen LogP contribution in [0.2, 0.25) is 0 Å². The molecule has 0 N–H and O–H groups in total. The Morgan fingerprint density at radius 2 is 2.26 bits per heavy atom. The van der Waals surface area contributed by atoms with Crippen molar-refractivity contribution in [3.63, 3.8) is 0 Å². The number of likely N-dealkylation sites (tertiary alicyclic amines) is 1. The lowest BCUT2D eigenvalue weighted by molar-refractivity contribution is 0.215. The Balaban J connectivity index is 1.52. The Labute approximate surface area is 135 Å². The van der Waals surface area contributed by atoms with Crippen molar-refractivity contribution < 1.29 is 4.52 Å². The van der Waals surface area contributed by atoms with E-state index in [2.05, 4.69) is 15.2 Å². The van der Waals surface area contributed by atoms with E-state index in [1.165, 1.54) is 0 Å². The average Bonchev–Trinajstić information content (AvgIpc) is 3.24. The quantitative estimate of drug-likeness (QED) is 0.859. The maximum absolute atomic E-state index is 12.3. The summed E-state index contributed by atoms with van der Waals surface area (Å²) in [6.07, 6.45) is 7.19. The van der Waals surface area contributed by atoms with E-state index in [4.69, 9.17) is 4.52 Å². The minimum Gasteiger partial charge on any atom is -0.361 e. The van der Waals surface area contributed by atoms with Gasteiger partial charge in [-0.05, 0) is 51.1 Å². The highest BCUT2D eigenvalue weighted by atomic mass is 16.5. The van der Waals surface area contributed by atoms with E-state index in [1.807, 2.05) is 6.92 Å². The van der Waals surface area contributed by atoms with Crippen molar-refractivity contribution in [2.75, 3.05) is 6.54 Å². The zero-order valence-electron chi connectivity index (χ0n) is 13.5. The molecule has 0 saturated carbocycles. The highest BCUT2D eigenvalue weighted by molar-refractivity contribution is 5.22. The van der Waals surface area contributed by atoms with Crippen LogP contribution in [0, 0.1) is 6.92 Å². The van der Waals surface area contributed by atoms with E-state index >= 15 is 0 Å². The second-order valence-electron chi connectivity index (χ2n) is 6.66. The van der Waals surface area contributed by atoms with Gasteiger partial charge >= 0.3 is 0 Å². The molecule has 1 unspecified atom stereocenters. The van der Waals surface area contributed by atoms with Gasteiger partial charge in [0, 0.05) is 24.2 Å². The first-order valence-corrected chi connectivity index (χ1v) is 8.45. The summed E-state index contributed by atoms with van der Waals surface area (Å²) in [7, 11) is 0. The van der Waals surface area contributed by atoms with Crippen molar-refractivity contribution in [3.05, 3.63) is 45.2 Å². The lowest BCUT2D eigenvalue weighted by atomic mass is 10.2. The van der Waals surface area contributed by atoms with E-state index in [1.54, 1.807) is 16.9 Å². The summed E-state index contributed by atoms with van der Waals surface area (Å²) in [6.45, 7) is 4.51. The molecule has 4 rings (SSSR count). The van der Waals surface area contributed by atoms with Crippen molar-refractivity contribution >= 4 is 0 Å². The molecule has 6 nitrogen and oxygen atoms in total. The molecule has 0 aromatic carbocycles. The smallest absolute Gasteiger partial charge is 0.267 e. The summed E-state index contributed by atoms with van der Waals surface area (Å²) in [6, 6.07) is 2.15. The number of hydrogen-bond donors (Lipinski definition) is 0. The van der Waals surface area contributed by atoms with Crippen molar-refractivity contribution in [2.45, 2.75) is 58.2 Å². The first kappa shape index (κ1) is 14.6. The Kier molecular flexibility index (Phi) is 3.77. The van der Waals surface area contributed by atoms with E-state index in [0.29, 0.717) is 12.6 Å². The third kappa shape index (κ3) is 2.83. The molecule has 122 valence electrons. The Bertz CT molecular complexity index is 764. The van der Waals surface area contributed by atoms with Gasteiger partial charge in [-0.15, -0.1) is 0 Å². The van der Waals surface area contributed by atoms with Gasteiger partial charge in [0.1, 0.15) is 5.76 Å². The molecular formula is C17H22N4O2. The molecule has 2 aromatic rings. The molecule has 1 fully saturated rings. The second kappa shape index (κ2) is 5.92. The first-order valence-electron chi connectivity index (χ1n) is 8.45. The fourth-order valence-electron chi connectivity index (χ4n) is 3.77. The molecule has 23 heavy (non-hydrogen) atoms. The third-order valence-electron chi connectivity index (χ3n) is 5.13. The molecule has 3 heterocycles. The van der Waals surface area contributed by atoms with Crippen LogP contribution in [0.3, 0.4) is 0 Å². The van der Waals surface area contributed by atoms with Crippen LogP contribution in [0.4, 0.5) is 0 Å². The Hall–Kier alpha value is -1.95. The van der Waals surface area contributed by atoms with Crippen molar-refractivity contribution in [1.29, 1.82) is 0 Å². The predicted molar refractivity (Wildman–Crippen MR) is 85.2 cm³/mol. The largest absolute Gasteiger partial charge is 0.361 e. The number of nitrogens with zero attached hydrogens (tertiary/aromatic N) is 4. The van der Waals surface area contributed by atoms with Crippen LogP contribution in [0.25, 0.3) is 0 Å². The van der Waals surface area contributed by atoms with Crippen LogP contribution in [-0.4, -0.2) is 32.4 Å². The topological polar surface area (TPSA) is 64.2 Å². The summed E-state index contributed by atoms with van der Waals surface area (Å²) in [5.74, 6) is 0.878. The van der Waals surface area contributed by atoms with Gasteiger partial charge in [0.25, 0.3) is 5.56 Å². The van der Waals surface area contributed by atoms with Gasteiger partial charge in [0.05, 0.1) is 18.4 Å². The number of aromatic nitrogens is 3. The lowest BCUT2D eigenvalue weighted by Crippen LogP contribution is -2.37.